The Balaban J connectivity index is 2.08. The quantitative estimate of drug-likeness (QED) is 0.815. The summed E-state index contributed by atoms with van der Waals surface area (Å²) in [5.74, 6) is 0. The molecular formula is C13H16BClN2O2. The lowest BCUT2D eigenvalue weighted by Crippen LogP contribution is -2.41. The molecule has 0 unspecified atom stereocenters. The molecule has 0 aromatic carbocycles. The van der Waals surface area contributed by atoms with Crippen molar-refractivity contribution in [2.45, 2.75) is 38.9 Å². The minimum absolute atomic E-state index is 0.365. The molecule has 0 saturated carbocycles. The second kappa shape index (κ2) is 3.98. The number of rotatable bonds is 1. The molecular weight excluding hydrogens is 262 g/mol. The summed E-state index contributed by atoms with van der Waals surface area (Å²) in [5, 5.41) is 1.51. The van der Waals surface area contributed by atoms with Gasteiger partial charge >= 0.3 is 7.12 Å². The van der Waals surface area contributed by atoms with Crippen LogP contribution in [0.4, 0.5) is 0 Å². The molecule has 0 atom stereocenters. The van der Waals surface area contributed by atoms with E-state index in [1.165, 1.54) is 0 Å². The fraction of sp³-hybridized carbons (Fsp3) is 0.462. The minimum atomic E-state index is -0.430. The number of halogens is 1. The predicted molar refractivity (Wildman–Crippen MR) is 76.8 cm³/mol. The number of pyridine rings is 1. The van der Waals surface area contributed by atoms with E-state index in [0.29, 0.717) is 5.02 Å². The molecule has 0 radical (unpaired) electrons. The molecule has 0 amide bonds. The van der Waals surface area contributed by atoms with Crippen LogP contribution in [0.3, 0.4) is 0 Å². The first-order chi connectivity index (χ1) is 8.82. The van der Waals surface area contributed by atoms with E-state index in [0.717, 1.165) is 16.5 Å². The van der Waals surface area contributed by atoms with Gasteiger partial charge in [-0.1, -0.05) is 11.6 Å². The van der Waals surface area contributed by atoms with Gasteiger partial charge in [0.15, 0.2) is 0 Å². The second-order valence-electron chi connectivity index (χ2n) is 5.85. The number of nitrogens with one attached hydrogen (secondary N) is 1. The fourth-order valence-corrected chi connectivity index (χ4v) is 2.45. The summed E-state index contributed by atoms with van der Waals surface area (Å²) in [4.78, 5) is 7.36. The maximum atomic E-state index is 6.25. The molecule has 1 aliphatic heterocycles. The van der Waals surface area contributed by atoms with Gasteiger partial charge in [-0.3, -0.25) is 0 Å². The molecule has 100 valence electrons. The largest absolute Gasteiger partial charge is 0.497 e. The highest BCUT2D eigenvalue weighted by Crippen LogP contribution is 2.37. The maximum absolute atomic E-state index is 6.25. The summed E-state index contributed by atoms with van der Waals surface area (Å²) in [6, 6.07) is 1.77. The van der Waals surface area contributed by atoms with E-state index in [4.69, 9.17) is 20.9 Å². The van der Waals surface area contributed by atoms with Gasteiger partial charge in [0.05, 0.1) is 16.2 Å². The zero-order valence-electron chi connectivity index (χ0n) is 11.5. The van der Waals surface area contributed by atoms with Crippen molar-refractivity contribution in [1.29, 1.82) is 0 Å². The Hall–Kier alpha value is -1.04. The van der Waals surface area contributed by atoms with E-state index in [1.807, 2.05) is 33.9 Å². The van der Waals surface area contributed by atoms with Gasteiger partial charge in [0.25, 0.3) is 0 Å². The van der Waals surface area contributed by atoms with Gasteiger partial charge in [0.2, 0.25) is 0 Å². The van der Waals surface area contributed by atoms with Crippen LogP contribution in [0.15, 0.2) is 18.5 Å². The zero-order valence-corrected chi connectivity index (χ0v) is 12.2. The normalized spacial score (nSPS) is 21.2. The highest BCUT2D eigenvalue weighted by atomic mass is 35.5. The van der Waals surface area contributed by atoms with E-state index in [2.05, 4.69) is 9.97 Å². The van der Waals surface area contributed by atoms with Crippen molar-refractivity contribution in [3.63, 3.8) is 0 Å². The van der Waals surface area contributed by atoms with Gasteiger partial charge in [-0.2, -0.15) is 0 Å². The number of fused-ring (bicyclic) bond motifs is 1. The number of aromatic amines is 1. The average Bonchev–Trinajstić information content (AvgIpc) is 2.80. The number of hydrogen-bond acceptors (Lipinski definition) is 3. The molecule has 2 aromatic rings. The van der Waals surface area contributed by atoms with E-state index in [9.17, 15) is 0 Å². The second-order valence-corrected chi connectivity index (χ2v) is 6.26. The van der Waals surface area contributed by atoms with Gasteiger partial charge < -0.3 is 14.3 Å². The third-order valence-corrected chi connectivity index (χ3v) is 4.38. The van der Waals surface area contributed by atoms with E-state index < -0.39 is 7.12 Å². The van der Waals surface area contributed by atoms with Gasteiger partial charge in [-0.15, -0.1) is 0 Å². The van der Waals surface area contributed by atoms with Gasteiger partial charge in [0.1, 0.15) is 5.65 Å². The maximum Gasteiger partial charge on any atom is 0.497 e. The smallest absolute Gasteiger partial charge is 0.399 e. The summed E-state index contributed by atoms with van der Waals surface area (Å²) in [6.07, 6.45) is 3.53. The van der Waals surface area contributed by atoms with Crippen molar-refractivity contribution in [1.82, 2.24) is 9.97 Å². The Kier molecular flexibility index (Phi) is 2.72. The number of hydrogen-bond donors (Lipinski definition) is 1. The lowest BCUT2D eigenvalue weighted by atomic mass is 9.79. The van der Waals surface area contributed by atoms with Crippen molar-refractivity contribution < 1.29 is 9.31 Å². The van der Waals surface area contributed by atoms with Crippen LogP contribution < -0.4 is 5.46 Å². The number of nitrogens with zero attached hydrogens (tertiary/aromatic N) is 1. The molecule has 1 aliphatic rings. The Labute approximate surface area is 117 Å². The van der Waals surface area contributed by atoms with Crippen molar-refractivity contribution in [3.05, 3.63) is 23.5 Å². The summed E-state index contributed by atoms with van der Waals surface area (Å²) >= 11 is 6.25. The van der Waals surface area contributed by atoms with Crippen LogP contribution in [0.1, 0.15) is 27.7 Å². The first-order valence-electron chi connectivity index (χ1n) is 6.29. The summed E-state index contributed by atoms with van der Waals surface area (Å²) in [7, 11) is -0.430. The van der Waals surface area contributed by atoms with Crippen molar-refractivity contribution in [3.8, 4) is 0 Å². The summed E-state index contributed by atoms with van der Waals surface area (Å²) in [6.45, 7) is 8.12. The molecule has 1 fully saturated rings. The fourth-order valence-electron chi connectivity index (χ4n) is 2.20. The van der Waals surface area contributed by atoms with E-state index >= 15 is 0 Å². The summed E-state index contributed by atoms with van der Waals surface area (Å²) < 4.78 is 12.1. The Morgan fingerprint density at radius 3 is 2.47 bits per heavy atom. The number of aromatic nitrogens is 2. The van der Waals surface area contributed by atoms with E-state index in [1.54, 1.807) is 12.3 Å². The molecule has 0 bridgehead atoms. The third kappa shape index (κ3) is 1.88. The van der Waals surface area contributed by atoms with Crippen LogP contribution in [-0.2, 0) is 9.31 Å². The Bertz CT molecular complexity index is 623. The molecule has 3 heterocycles. The molecule has 0 spiro atoms. The molecule has 3 rings (SSSR count). The van der Waals surface area contributed by atoms with Crippen LogP contribution in [0.5, 0.6) is 0 Å². The van der Waals surface area contributed by atoms with Crippen LogP contribution in [-0.4, -0.2) is 28.3 Å². The van der Waals surface area contributed by atoms with Gasteiger partial charge in [0, 0.05) is 23.2 Å². The van der Waals surface area contributed by atoms with Crippen LogP contribution in [0.2, 0.25) is 5.02 Å². The molecule has 4 nitrogen and oxygen atoms in total. The van der Waals surface area contributed by atoms with E-state index in [-0.39, 0.29) is 11.2 Å². The average molecular weight is 279 g/mol. The first-order valence-corrected chi connectivity index (χ1v) is 6.67. The highest BCUT2D eigenvalue weighted by molar-refractivity contribution is 6.66. The predicted octanol–water partition coefficient (Wildman–Crippen LogP) is 2.52. The van der Waals surface area contributed by atoms with Gasteiger partial charge in [-0.05, 0) is 33.8 Å². The molecule has 6 heteroatoms. The number of H-pyrrole nitrogens is 1. The van der Waals surface area contributed by atoms with Crippen LogP contribution in [0, 0.1) is 0 Å². The first kappa shape index (κ1) is 13.0. The minimum Gasteiger partial charge on any atom is -0.399 e. The molecule has 0 aliphatic carbocycles. The Morgan fingerprint density at radius 2 is 1.84 bits per heavy atom. The van der Waals surface area contributed by atoms with Gasteiger partial charge in [-0.25, -0.2) is 4.98 Å². The SMILES string of the molecule is CC1(C)OB(c2c[nH]c3nccc(Cl)c23)OC1(C)C. The third-order valence-electron chi connectivity index (χ3n) is 4.06. The van der Waals surface area contributed by atoms with Crippen molar-refractivity contribution >= 4 is 35.2 Å². The zero-order chi connectivity index (χ0) is 13.8. The summed E-state index contributed by atoms with van der Waals surface area (Å²) in [5.41, 5.74) is 0.912. The lowest BCUT2D eigenvalue weighted by Gasteiger charge is -2.32. The molecule has 2 aromatic heterocycles. The lowest BCUT2D eigenvalue weighted by molar-refractivity contribution is 0.00578. The Morgan fingerprint density at radius 1 is 1.21 bits per heavy atom. The van der Waals surface area contributed by atoms with Crippen LogP contribution in [0.25, 0.3) is 11.0 Å². The molecule has 1 saturated heterocycles. The monoisotopic (exact) mass is 278 g/mol. The highest BCUT2D eigenvalue weighted by Gasteiger charge is 2.52. The van der Waals surface area contributed by atoms with Crippen molar-refractivity contribution in [2.24, 2.45) is 0 Å². The topological polar surface area (TPSA) is 47.1 Å². The molecule has 1 N–H and O–H groups in total. The molecule has 19 heavy (non-hydrogen) atoms. The van der Waals surface area contributed by atoms with Crippen molar-refractivity contribution in [2.75, 3.05) is 0 Å². The standard InChI is InChI=1S/C13H16BClN2O2/c1-12(2)13(3,4)19-14(18-12)8-7-17-11-10(8)9(15)5-6-16-11/h5-7H,1-4H3,(H,16,17). The van der Waals surface area contributed by atoms with Crippen LogP contribution >= 0.6 is 11.6 Å².